The van der Waals surface area contributed by atoms with Gasteiger partial charge in [-0.1, -0.05) is 24.3 Å². The third-order valence-electron chi connectivity index (χ3n) is 4.18. The second-order valence-electron chi connectivity index (χ2n) is 6.25. The van der Waals surface area contributed by atoms with E-state index in [1.807, 2.05) is 54.6 Å². The number of rotatable bonds is 6. The van der Waals surface area contributed by atoms with E-state index in [1.54, 1.807) is 12.4 Å². The molecule has 0 saturated carbocycles. The molecule has 5 heteroatoms. The van der Waals surface area contributed by atoms with Crippen LogP contribution in [0.4, 0.5) is 5.82 Å². The first-order chi connectivity index (χ1) is 13.3. The highest BCUT2D eigenvalue weighted by atomic mass is 16.5. The van der Waals surface area contributed by atoms with Crippen LogP contribution in [-0.2, 0) is 0 Å². The van der Waals surface area contributed by atoms with E-state index in [-0.39, 0.29) is 0 Å². The molecule has 0 amide bonds. The average molecular weight is 356 g/mol. The molecule has 0 aliphatic carbocycles. The lowest BCUT2D eigenvalue weighted by Gasteiger charge is -2.12. The fourth-order valence-corrected chi connectivity index (χ4v) is 2.88. The zero-order chi connectivity index (χ0) is 18.5. The van der Waals surface area contributed by atoms with Crippen molar-refractivity contribution < 1.29 is 4.74 Å². The van der Waals surface area contributed by atoms with Gasteiger partial charge in [-0.3, -0.25) is 4.98 Å². The van der Waals surface area contributed by atoms with Gasteiger partial charge in [-0.05, 0) is 48.9 Å². The number of anilines is 1. The number of benzene rings is 2. The number of aryl methyl sites for hydroxylation is 1. The third kappa shape index (κ3) is 4.03. The summed E-state index contributed by atoms with van der Waals surface area (Å²) in [4.78, 5) is 13.5. The van der Waals surface area contributed by atoms with Gasteiger partial charge < -0.3 is 10.1 Å². The minimum Gasteiger partial charge on any atom is -0.492 e. The fourth-order valence-electron chi connectivity index (χ4n) is 2.88. The van der Waals surface area contributed by atoms with Crippen molar-refractivity contribution in [3.05, 3.63) is 78.6 Å². The lowest BCUT2D eigenvalue weighted by molar-refractivity contribution is 0.332. The number of nitrogens with zero attached hydrogens (tertiary/aromatic N) is 3. The van der Waals surface area contributed by atoms with E-state index in [9.17, 15) is 0 Å². The molecule has 0 aliphatic heterocycles. The Morgan fingerprint density at radius 3 is 2.74 bits per heavy atom. The molecule has 0 aliphatic rings. The second kappa shape index (κ2) is 7.83. The first-order valence-electron chi connectivity index (χ1n) is 8.90. The van der Waals surface area contributed by atoms with Crippen LogP contribution in [0.5, 0.6) is 5.75 Å². The Bertz CT molecular complexity index is 1050. The van der Waals surface area contributed by atoms with Gasteiger partial charge in [0, 0.05) is 23.3 Å². The minimum absolute atomic E-state index is 0.546. The summed E-state index contributed by atoms with van der Waals surface area (Å²) in [5.74, 6) is 2.33. The lowest BCUT2D eigenvalue weighted by atomic mass is 10.2. The molecule has 134 valence electrons. The van der Waals surface area contributed by atoms with Crippen molar-refractivity contribution in [2.45, 2.75) is 6.92 Å². The van der Waals surface area contributed by atoms with E-state index < -0.39 is 0 Å². The summed E-state index contributed by atoms with van der Waals surface area (Å²) in [5.41, 5.74) is 2.97. The number of pyridine rings is 1. The van der Waals surface area contributed by atoms with E-state index in [4.69, 9.17) is 9.72 Å². The van der Waals surface area contributed by atoms with Crippen LogP contribution >= 0.6 is 0 Å². The topological polar surface area (TPSA) is 59.9 Å². The number of hydrogen-bond acceptors (Lipinski definition) is 5. The van der Waals surface area contributed by atoms with Crippen LogP contribution in [0.25, 0.3) is 22.3 Å². The number of hydrogen-bond donors (Lipinski definition) is 1. The summed E-state index contributed by atoms with van der Waals surface area (Å²) in [5, 5.41) is 4.37. The maximum absolute atomic E-state index is 5.82. The van der Waals surface area contributed by atoms with Crippen LogP contribution in [-0.4, -0.2) is 28.1 Å². The Hall–Kier alpha value is -3.47. The highest BCUT2D eigenvalue weighted by Crippen LogP contribution is 2.24. The molecule has 0 saturated heterocycles. The molecule has 5 nitrogen and oxygen atoms in total. The molecule has 4 aromatic rings. The van der Waals surface area contributed by atoms with Crippen molar-refractivity contribution in [1.29, 1.82) is 0 Å². The third-order valence-corrected chi connectivity index (χ3v) is 4.18. The van der Waals surface area contributed by atoms with Gasteiger partial charge in [0.25, 0.3) is 0 Å². The van der Waals surface area contributed by atoms with Crippen molar-refractivity contribution in [2.75, 3.05) is 18.5 Å². The lowest BCUT2D eigenvalue weighted by Crippen LogP contribution is -2.13. The summed E-state index contributed by atoms with van der Waals surface area (Å²) in [6.45, 7) is 3.24. The van der Waals surface area contributed by atoms with E-state index in [2.05, 4.69) is 28.3 Å². The zero-order valence-corrected chi connectivity index (χ0v) is 15.1. The number of para-hydroxylation sites is 1. The molecule has 0 fully saturated rings. The molecule has 0 radical (unpaired) electrons. The van der Waals surface area contributed by atoms with Gasteiger partial charge in [0.15, 0.2) is 5.82 Å². The van der Waals surface area contributed by atoms with Crippen molar-refractivity contribution in [2.24, 2.45) is 0 Å². The van der Waals surface area contributed by atoms with Crippen LogP contribution in [0.15, 0.2) is 73.1 Å². The van der Waals surface area contributed by atoms with Gasteiger partial charge >= 0.3 is 0 Å². The Kier molecular flexibility index (Phi) is 4.92. The van der Waals surface area contributed by atoms with Gasteiger partial charge in [0.05, 0.1) is 12.1 Å². The van der Waals surface area contributed by atoms with E-state index in [0.29, 0.717) is 19.0 Å². The monoisotopic (exact) mass is 356 g/mol. The van der Waals surface area contributed by atoms with Crippen LogP contribution in [0.1, 0.15) is 5.56 Å². The molecule has 0 atom stereocenters. The van der Waals surface area contributed by atoms with Gasteiger partial charge in [-0.15, -0.1) is 0 Å². The van der Waals surface area contributed by atoms with Crippen molar-refractivity contribution in [3.8, 4) is 17.1 Å². The summed E-state index contributed by atoms with van der Waals surface area (Å²) in [6.07, 6.45) is 3.51. The Balaban J connectivity index is 1.53. The van der Waals surface area contributed by atoms with Gasteiger partial charge in [0.1, 0.15) is 18.2 Å². The SMILES string of the molecule is Cc1cccc(OCCNc2nc(-c3cccnc3)nc3ccccc23)c1. The predicted molar refractivity (Wildman–Crippen MR) is 108 cm³/mol. The van der Waals surface area contributed by atoms with E-state index >= 15 is 0 Å². The molecule has 0 unspecified atom stereocenters. The Labute approximate surface area is 158 Å². The van der Waals surface area contributed by atoms with Crippen molar-refractivity contribution >= 4 is 16.7 Å². The van der Waals surface area contributed by atoms with Crippen LogP contribution < -0.4 is 10.1 Å². The Morgan fingerprint density at radius 2 is 1.89 bits per heavy atom. The molecule has 1 N–H and O–H groups in total. The summed E-state index contributed by atoms with van der Waals surface area (Å²) in [7, 11) is 0. The van der Waals surface area contributed by atoms with Gasteiger partial charge in [0.2, 0.25) is 0 Å². The maximum Gasteiger partial charge on any atom is 0.163 e. The second-order valence-corrected chi connectivity index (χ2v) is 6.25. The largest absolute Gasteiger partial charge is 0.492 e. The molecule has 0 spiro atoms. The fraction of sp³-hybridized carbons (Fsp3) is 0.136. The number of fused-ring (bicyclic) bond motifs is 1. The molecular formula is C22H20N4O. The predicted octanol–water partition coefficient (Wildman–Crippen LogP) is 4.49. The smallest absolute Gasteiger partial charge is 0.163 e. The van der Waals surface area contributed by atoms with E-state index in [0.717, 1.165) is 28.0 Å². The van der Waals surface area contributed by atoms with Crippen molar-refractivity contribution in [1.82, 2.24) is 15.0 Å². The van der Waals surface area contributed by atoms with E-state index in [1.165, 1.54) is 5.56 Å². The van der Waals surface area contributed by atoms with Crippen LogP contribution in [0.3, 0.4) is 0 Å². The van der Waals surface area contributed by atoms with Crippen molar-refractivity contribution in [3.63, 3.8) is 0 Å². The molecule has 2 aromatic carbocycles. The highest BCUT2D eigenvalue weighted by Gasteiger charge is 2.09. The van der Waals surface area contributed by atoms with Gasteiger partial charge in [-0.25, -0.2) is 9.97 Å². The van der Waals surface area contributed by atoms with Crippen LogP contribution in [0, 0.1) is 6.92 Å². The first kappa shape index (κ1) is 17.0. The highest BCUT2D eigenvalue weighted by molar-refractivity contribution is 5.90. The summed E-state index contributed by atoms with van der Waals surface area (Å²) in [6, 6.07) is 19.9. The maximum atomic E-state index is 5.82. The molecule has 2 heterocycles. The van der Waals surface area contributed by atoms with Crippen LogP contribution in [0.2, 0.25) is 0 Å². The summed E-state index contributed by atoms with van der Waals surface area (Å²) < 4.78 is 5.82. The molecule has 2 aromatic heterocycles. The Morgan fingerprint density at radius 1 is 0.963 bits per heavy atom. The standard InChI is InChI=1S/C22H20N4O/c1-16-6-4-8-18(14-16)27-13-12-24-22-19-9-2-3-10-20(19)25-21(26-22)17-7-5-11-23-15-17/h2-11,14-15H,12-13H2,1H3,(H,24,25,26). The number of aromatic nitrogens is 3. The number of ether oxygens (including phenoxy) is 1. The quantitative estimate of drug-likeness (QED) is 0.516. The molecular weight excluding hydrogens is 336 g/mol. The normalized spacial score (nSPS) is 10.7. The zero-order valence-electron chi connectivity index (χ0n) is 15.1. The average Bonchev–Trinajstić information content (AvgIpc) is 2.71. The number of nitrogens with one attached hydrogen (secondary N) is 1. The molecule has 4 rings (SSSR count). The minimum atomic E-state index is 0.546. The first-order valence-corrected chi connectivity index (χ1v) is 8.90. The molecule has 27 heavy (non-hydrogen) atoms. The van der Waals surface area contributed by atoms with Gasteiger partial charge in [-0.2, -0.15) is 0 Å². The summed E-state index contributed by atoms with van der Waals surface area (Å²) >= 11 is 0. The molecule has 0 bridgehead atoms.